The van der Waals surface area contributed by atoms with Gasteiger partial charge in [-0.2, -0.15) is 0 Å². The fraction of sp³-hybridized carbons (Fsp3) is 0.438. The molecule has 0 aliphatic heterocycles. The van der Waals surface area contributed by atoms with E-state index in [0.29, 0.717) is 22.6 Å². The molecule has 3 aromatic rings. The van der Waals surface area contributed by atoms with E-state index in [1.807, 2.05) is 0 Å². The van der Waals surface area contributed by atoms with Crippen LogP contribution in [-0.4, -0.2) is 22.6 Å². The van der Waals surface area contributed by atoms with Crippen molar-refractivity contribution in [2.45, 2.75) is 91.9 Å². The highest BCUT2D eigenvalue weighted by Crippen LogP contribution is 2.52. The van der Waals surface area contributed by atoms with Crippen LogP contribution in [0.25, 0.3) is 0 Å². The molecule has 35 heavy (non-hydrogen) atoms. The molecular weight excluding hydrogens is 460 g/mol. The van der Waals surface area contributed by atoms with Gasteiger partial charge in [-0.25, -0.2) is 0 Å². The highest BCUT2D eigenvalue weighted by molar-refractivity contribution is 7.67. The van der Waals surface area contributed by atoms with Gasteiger partial charge in [0.2, 0.25) is 0 Å². The van der Waals surface area contributed by atoms with Crippen LogP contribution in [0, 0.1) is 13.8 Å². The van der Waals surface area contributed by atoms with Gasteiger partial charge >= 0.3 is 0 Å². The normalized spacial score (nSPS) is 12.1. The fourth-order valence-corrected chi connectivity index (χ4v) is 11.3. The highest BCUT2D eigenvalue weighted by atomic mass is 31.1. The summed E-state index contributed by atoms with van der Waals surface area (Å²) in [4.78, 5) is 2.59. The van der Waals surface area contributed by atoms with E-state index in [1.165, 1.54) is 38.8 Å². The van der Waals surface area contributed by atoms with E-state index in [4.69, 9.17) is 0 Å². The summed E-state index contributed by atoms with van der Waals surface area (Å²) >= 11 is 0. The van der Waals surface area contributed by atoms with Crippen LogP contribution in [0.2, 0.25) is 0 Å². The number of para-hydroxylation sites is 1. The number of aryl methyl sites for hydroxylation is 2. The summed E-state index contributed by atoms with van der Waals surface area (Å²) in [7, 11) is -0.628. The summed E-state index contributed by atoms with van der Waals surface area (Å²) in [6.45, 7) is 23.7. The third-order valence-electron chi connectivity index (χ3n) is 6.54. The smallest absolute Gasteiger partial charge is 0.0541 e. The zero-order valence-electron chi connectivity index (χ0n) is 23.5. The first-order chi connectivity index (χ1) is 16.5. The molecule has 0 saturated heterocycles. The molecule has 0 saturated carbocycles. The summed E-state index contributed by atoms with van der Waals surface area (Å²) in [6, 6.07) is 25.4. The third kappa shape index (κ3) is 6.37. The summed E-state index contributed by atoms with van der Waals surface area (Å²) in [5, 5.41) is 3.04. The molecule has 0 amide bonds. The first kappa shape index (κ1) is 27.9. The van der Waals surface area contributed by atoms with Gasteiger partial charge in [-0.1, -0.05) is 114 Å². The Morgan fingerprint density at radius 2 is 0.886 bits per heavy atom. The molecule has 0 unspecified atom stereocenters. The van der Waals surface area contributed by atoms with Crippen LogP contribution in [0.5, 0.6) is 0 Å². The molecule has 0 heterocycles. The van der Waals surface area contributed by atoms with Crippen molar-refractivity contribution in [3.8, 4) is 0 Å². The Morgan fingerprint density at radius 1 is 0.514 bits per heavy atom. The van der Waals surface area contributed by atoms with Crippen LogP contribution in [0.1, 0.15) is 66.5 Å². The van der Waals surface area contributed by atoms with Gasteiger partial charge in [-0.05, 0) is 71.9 Å². The lowest BCUT2D eigenvalue weighted by Crippen LogP contribution is -2.27. The van der Waals surface area contributed by atoms with Crippen LogP contribution >= 0.6 is 15.8 Å². The molecule has 3 heteroatoms. The molecule has 0 aliphatic rings. The SMILES string of the molecule is Cc1ccc(P(C(C)C)C(C)C)c(N(c2ccccc2)c2cc(C)ccc2P(C(C)C)C(C)C)c1. The molecule has 3 aromatic carbocycles. The van der Waals surface area contributed by atoms with E-state index in [2.05, 4.69) is 141 Å². The molecule has 0 N–H and O–H groups in total. The Balaban J connectivity index is 2.41. The largest absolute Gasteiger partial charge is 0.309 e. The Morgan fingerprint density at radius 3 is 1.23 bits per heavy atom. The Kier molecular flexibility index (Phi) is 9.60. The maximum atomic E-state index is 2.59. The van der Waals surface area contributed by atoms with Crippen molar-refractivity contribution in [2.75, 3.05) is 4.90 Å². The maximum absolute atomic E-state index is 2.59. The van der Waals surface area contributed by atoms with E-state index in [0.717, 1.165) is 0 Å². The Labute approximate surface area is 217 Å². The summed E-state index contributed by atoms with van der Waals surface area (Å²) in [5.74, 6) is 0. The molecule has 0 atom stereocenters. The zero-order valence-corrected chi connectivity index (χ0v) is 25.3. The lowest BCUT2D eigenvalue weighted by Gasteiger charge is -2.37. The molecule has 0 aromatic heterocycles. The molecule has 0 fully saturated rings. The quantitative estimate of drug-likeness (QED) is 0.262. The van der Waals surface area contributed by atoms with Gasteiger partial charge < -0.3 is 4.90 Å². The second-order valence-electron chi connectivity index (χ2n) is 10.8. The zero-order chi connectivity index (χ0) is 25.9. The van der Waals surface area contributed by atoms with Crippen LogP contribution < -0.4 is 15.5 Å². The molecule has 0 aliphatic carbocycles. The average Bonchev–Trinajstić information content (AvgIpc) is 2.77. The first-order valence-corrected chi connectivity index (χ1v) is 16.1. The van der Waals surface area contributed by atoms with Crippen LogP contribution in [0.3, 0.4) is 0 Å². The summed E-state index contributed by atoms with van der Waals surface area (Å²) in [6.07, 6.45) is 0. The minimum Gasteiger partial charge on any atom is -0.309 e. The second kappa shape index (κ2) is 12.0. The van der Waals surface area contributed by atoms with Gasteiger partial charge in [-0.15, -0.1) is 0 Å². The van der Waals surface area contributed by atoms with E-state index in [-0.39, 0.29) is 15.8 Å². The molecule has 188 valence electrons. The van der Waals surface area contributed by atoms with Crippen molar-refractivity contribution in [1.29, 1.82) is 0 Å². The highest BCUT2D eigenvalue weighted by Gasteiger charge is 2.29. The third-order valence-corrected chi connectivity index (χ3v) is 12.9. The van der Waals surface area contributed by atoms with Gasteiger partial charge in [0.25, 0.3) is 0 Å². The number of hydrogen-bond donors (Lipinski definition) is 0. The predicted molar refractivity (Wildman–Crippen MR) is 164 cm³/mol. The summed E-state index contributed by atoms with van der Waals surface area (Å²) < 4.78 is 0. The molecule has 0 spiro atoms. The summed E-state index contributed by atoms with van der Waals surface area (Å²) in [5.41, 5.74) is 9.12. The first-order valence-electron chi connectivity index (χ1n) is 13.2. The minimum atomic E-state index is -0.314. The molecule has 1 nitrogen and oxygen atoms in total. The van der Waals surface area contributed by atoms with Crippen LogP contribution in [0.4, 0.5) is 17.1 Å². The average molecular weight is 506 g/mol. The maximum Gasteiger partial charge on any atom is 0.0541 e. The lowest BCUT2D eigenvalue weighted by molar-refractivity contribution is 1.02. The van der Waals surface area contributed by atoms with E-state index >= 15 is 0 Å². The molecule has 0 bridgehead atoms. The van der Waals surface area contributed by atoms with Gasteiger partial charge in [0, 0.05) is 16.3 Å². The van der Waals surface area contributed by atoms with Crippen molar-refractivity contribution in [3.63, 3.8) is 0 Å². The number of hydrogen-bond acceptors (Lipinski definition) is 1. The van der Waals surface area contributed by atoms with Gasteiger partial charge in [0.15, 0.2) is 0 Å². The molecular formula is C32H45NP2. The van der Waals surface area contributed by atoms with Crippen molar-refractivity contribution in [2.24, 2.45) is 0 Å². The second-order valence-corrected chi connectivity index (χ2v) is 17.6. The topological polar surface area (TPSA) is 3.24 Å². The van der Waals surface area contributed by atoms with Gasteiger partial charge in [-0.3, -0.25) is 0 Å². The predicted octanol–water partition coefficient (Wildman–Crippen LogP) is 9.62. The fourth-order valence-electron chi connectivity index (χ4n) is 5.35. The Hall–Kier alpha value is -1.68. The van der Waals surface area contributed by atoms with Gasteiger partial charge in [0.1, 0.15) is 0 Å². The van der Waals surface area contributed by atoms with Gasteiger partial charge in [0.05, 0.1) is 11.4 Å². The van der Waals surface area contributed by atoms with E-state index < -0.39 is 0 Å². The van der Waals surface area contributed by atoms with E-state index in [1.54, 1.807) is 0 Å². The number of nitrogens with zero attached hydrogens (tertiary/aromatic N) is 1. The van der Waals surface area contributed by atoms with Crippen molar-refractivity contribution >= 4 is 43.5 Å². The number of benzene rings is 3. The Bertz CT molecular complexity index is 1020. The van der Waals surface area contributed by atoms with Crippen molar-refractivity contribution in [1.82, 2.24) is 0 Å². The standard InChI is InChI=1S/C32H45NP2/c1-22(2)34(23(3)4)31-18-16-26(9)20-29(31)33(28-14-12-11-13-15-28)30-21-27(10)17-19-32(30)35(24(5)6)25(7)8/h11-25H,1-10H3. The van der Waals surface area contributed by atoms with Crippen LogP contribution in [-0.2, 0) is 0 Å². The molecule has 0 radical (unpaired) electrons. The van der Waals surface area contributed by atoms with Crippen molar-refractivity contribution in [3.05, 3.63) is 77.9 Å². The minimum absolute atomic E-state index is 0.314. The van der Waals surface area contributed by atoms with Crippen LogP contribution in [0.15, 0.2) is 66.7 Å². The monoisotopic (exact) mass is 505 g/mol. The molecule has 3 rings (SSSR count). The van der Waals surface area contributed by atoms with Crippen molar-refractivity contribution < 1.29 is 0 Å². The van der Waals surface area contributed by atoms with E-state index in [9.17, 15) is 0 Å². The lowest BCUT2D eigenvalue weighted by atomic mass is 10.1. The number of rotatable bonds is 9. The number of anilines is 3.